The summed E-state index contributed by atoms with van der Waals surface area (Å²) in [5, 5.41) is 0. The van der Waals surface area contributed by atoms with Crippen LogP contribution in [0.3, 0.4) is 0 Å². The zero-order valence-electron chi connectivity index (χ0n) is 12.1. The smallest absolute Gasteiger partial charge is 0.0543 e. The third-order valence-corrected chi connectivity index (χ3v) is 4.86. The van der Waals surface area contributed by atoms with Crippen molar-refractivity contribution in [3.05, 3.63) is 63.6 Å². The molecular weight excluding hydrogens is 310 g/mol. The summed E-state index contributed by atoms with van der Waals surface area (Å²) < 4.78 is 1.15. The van der Waals surface area contributed by atoms with Gasteiger partial charge >= 0.3 is 0 Å². The summed E-state index contributed by atoms with van der Waals surface area (Å²) in [5.74, 6) is 0. The first kappa shape index (κ1) is 13.7. The van der Waals surface area contributed by atoms with Gasteiger partial charge < -0.3 is 4.90 Å². The van der Waals surface area contributed by atoms with Crippen LogP contribution in [-0.4, -0.2) is 6.54 Å². The third kappa shape index (κ3) is 2.62. The molecule has 0 radical (unpaired) electrons. The van der Waals surface area contributed by atoms with Crippen molar-refractivity contribution in [3.8, 4) is 0 Å². The van der Waals surface area contributed by atoms with Crippen LogP contribution in [0.15, 0.2) is 46.9 Å². The molecule has 0 bridgehead atoms. The van der Waals surface area contributed by atoms with E-state index in [9.17, 15) is 0 Å². The molecule has 1 aliphatic rings. The van der Waals surface area contributed by atoms with E-state index in [0.29, 0.717) is 6.04 Å². The molecule has 1 nitrogen and oxygen atoms in total. The van der Waals surface area contributed by atoms with Crippen LogP contribution in [0.4, 0.5) is 5.69 Å². The molecule has 1 atom stereocenters. The van der Waals surface area contributed by atoms with Crippen LogP contribution in [0.1, 0.15) is 35.6 Å². The van der Waals surface area contributed by atoms with Gasteiger partial charge in [-0.1, -0.05) is 34.1 Å². The summed E-state index contributed by atoms with van der Waals surface area (Å²) >= 11 is 3.52. The molecule has 2 heteroatoms. The monoisotopic (exact) mass is 329 g/mol. The highest BCUT2D eigenvalue weighted by Crippen LogP contribution is 2.36. The fraction of sp³-hybridized carbons (Fsp3) is 0.333. The molecule has 104 valence electrons. The Morgan fingerprint density at radius 1 is 1.00 bits per heavy atom. The van der Waals surface area contributed by atoms with Crippen LogP contribution >= 0.6 is 15.9 Å². The molecule has 1 unspecified atom stereocenters. The highest BCUT2D eigenvalue weighted by Gasteiger charge is 2.26. The summed E-state index contributed by atoms with van der Waals surface area (Å²) in [6.07, 6.45) is 2.52. The highest BCUT2D eigenvalue weighted by molar-refractivity contribution is 9.10. The first-order valence-corrected chi connectivity index (χ1v) is 8.04. The Balaban J connectivity index is 1.92. The summed E-state index contributed by atoms with van der Waals surface area (Å²) in [6, 6.07) is 16.1. The fourth-order valence-corrected chi connectivity index (χ4v) is 3.28. The van der Waals surface area contributed by atoms with E-state index in [-0.39, 0.29) is 0 Å². The molecule has 1 aliphatic heterocycles. The summed E-state index contributed by atoms with van der Waals surface area (Å²) in [7, 11) is 0. The van der Waals surface area contributed by atoms with Gasteiger partial charge in [0.25, 0.3) is 0 Å². The molecule has 0 aromatic heterocycles. The van der Waals surface area contributed by atoms with E-state index in [1.54, 1.807) is 0 Å². The zero-order chi connectivity index (χ0) is 14.1. The molecule has 20 heavy (non-hydrogen) atoms. The van der Waals surface area contributed by atoms with Crippen molar-refractivity contribution in [2.24, 2.45) is 0 Å². The van der Waals surface area contributed by atoms with Crippen molar-refractivity contribution in [3.63, 3.8) is 0 Å². The predicted molar refractivity (Wildman–Crippen MR) is 89.4 cm³/mol. The van der Waals surface area contributed by atoms with Gasteiger partial charge in [0.15, 0.2) is 0 Å². The van der Waals surface area contributed by atoms with Gasteiger partial charge in [0.1, 0.15) is 0 Å². The molecule has 0 spiro atoms. The molecule has 1 saturated heterocycles. The maximum absolute atomic E-state index is 3.52. The normalized spacial score (nSPS) is 18.6. The van der Waals surface area contributed by atoms with Crippen molar-refractivity contribution in [2.75, 3.05) is 11.4 Å². The number of halogens is 1. The van der Waals surface area contributed by atoms with Gasteiger partial charge in [-0.2, -0.15) is 0 Å². The minimum Gasteiger partial charge on any atom is -0.364 e. The minimum atomic E-state index is 0.519. The predicted octanol–water partition coefficient (Wildman–Crippen LogP) is 5.41. The summed E-state index contributed by atoms with van der Waals surface area (Å²) in [4.78, 5) is 2.55. The summed E-state index contributed by atoms with van der Waals surface area (Å²) in [6.45, 7) is 5.53. The lowest BCUT2D eigenvalue weighted by atomic mass is 10.0. The topological polar surface area (TPSA) is 3.24 Å². The lowest BCUT2D eigenvalue weighted by Crippen LogP contribution is -2.22. The molecule has 1 fully saturated rings. The number of nitrogens with zero attached hydrogens (tertiary/aromatic N) is 1. The molecule has 1 heterocycles. The van der Waals surface area contributed by atoms with Crippen molar-refractivity contribution >= 4 is 21.6 Å². The zero-order valence-corrected chi connectivity index (χ0v) is 13.7. The number of benzene rings is 2. The Morgan fingerprint density at radius 2 is 1.75 bits per heavy atom. The maximum atomic E-state index is 3.52. The standard InChI is InChI=1S/C18H20BrN/c1-13-5-10-17(12-14(13)2)20-11-3-4-18(20)15-6-8-16(19)9-7-15/h5-10,12,18H,3-4,11H2,1-2H3. The Kier molecular flexibility index (Phi) is 3.84. The average Bonchev–Trinajstić information content (AvgIpc) is 2.92. The third-order valence-electron chi connectivity index (χ3n) is 4.33. The number of rotatable bonds is 2. The van der Waals surface area contributed by atoms with Gasteiger partial charge in [0.05, 0.1) is 6.04 Å². The molecule has 2 aromatic carbocycles. The van der Waals surface area contributed by atoms with E-state index >= 15 is 0 Å². The number of aryl methyl sites for hydroxylation is 2. The van der Waals surface area contributed by atoms with Gasteiger partial charge in [-0.15, -0.1) is 0 Å². The van der Waals surface area contributed by atoms with E-state index in [0.717, 1.165) is 11.0 Å². The molecule has 0 aliphatic carbocycles. The second-order valence-electron chi connectivity index (χ2n) is 5.67. The Hall–Kier alpha value is -1.28. The molecular formula is C18H20BrN. The second-order valence-corrected chi connectivity index (χ2v) is 6.59. The van der Waals surface area contributed by atoms with E-state index < -0.39 is 0 Å². The number of anilines is 1. The molecule has 0 saturated carbocycles. The van der Waals surface area contributed by atoms with Gasteiger partial charge in [-0.05, 0) is 67.6 Å². The molecule has 3 rings (SSSR count). The van der Waals surface area contributed by atoms with Crippen LogP contribution in [0.2, 0.25) is 0 Å². The van der Waals surface area contributed by atoms with Crippen LogP contribution in [0, 0.1) is 13.8 Å². The van der Waals surface area contributed by atoms with Crippen molar-refractivity contribution in [1.29, 1.82) is 0 Å². The quantitative estimate of drug-likeness (QED) is 0.712. The number of hydrogen-bond acceptors (Lipinski definition) is 1. The van der Waals surface area contributed by atoms with Gasteiger partial charge in [-0.3, -0.25) is 0 Å². The first-order valence-electron chi connectivity index (χ1n) is 7.24. The molecule has 2 aromatic rings. The largest absolute Gasteiger partial charge is 0.364 e. The van der Waals surface area contributed by atoms with Gasteiger partial charge in [0, 0.05) is 16.7 Å². The van der Waals surface area contributed by atoms with Crippen molar-refractivity contribution in [1.82, 2.24) is 0 Å². The van der Waals surface area contributed by atoms with Crippen LogP contribution in [0.5, 0.6) is 0 Å². The van der Waals surface area contributed by atoms with Crippen molar-refractivity contribution in [2.45, 2.75) is 32.7 Å². The Morgan fingerprint density at radius 3 is 2.45 bits per heavy atom. The van der Waals surface area contributed by atoms with Crippen LogP contribution in [-0.2, 0) is 0 Å². The second kappa shape index (κ2) is 5.61. The maximum Gasteiger partial charge on any atom is 0.0543 e. The van der Waals surface area contributed by atoms with E-state index in [1.807, 2.05) is 0 Å². The number of hydrogen-bond donors (Lipinski definition) is 0. The Labute approximate surface area is 129 Å². The lowest BCUT2D eigenvalue weighted by Gasteiger charge is -2.28. The molecule has 0 amide bonds. The van der Waals surface area contributed by atoms with Gasteiger partial charge in [-0.25, -0.2) is 0 Å². The molecule has 0 N–H and O–H groups in total. The van der Waals surface area contributed by atoms with Gasteiger partial charge in [0.2, 0.25) is 0 Å². The van der Waals surface area contributed by atoms with Crippen molar-refractivity contribution < 1.29 is 0 Å². The van der Waals surface area contributed by atoms with E-state index in [2.05, 4.69) is 77.1 Å². The van der Waals surface area contributed by atoms with Crippen LogP contribution in [0.25, 0.3) is 0 Å². The average molecular weight is 330 g/mol. The highest BCUT2D eigenvalue weighted by atomic mass is 79.9. The Bertz CT molecular complexity index is 603. The minimum absolute atomic E-state index is 0.519. The van der Waals surface area contributed by atoms with E-state index in [1.165, 1.54) is 35.2 Å². The fourth-order valence-electron chi connectivity index (χ4n) is 3.01. The lowest BCUT2D eigenvalue weighted by molar-refractivity contribution is 0.719. The first-order chi connectivity index (χ1) is 9.65. The van der Waals surface area contributed by atoms with E-state index in [4.69, 9.17) is 0 Å². The SMILES string of the molecule is Cc1ccc(N2CCCC2c2ccc(Br)cc2)cc1C. The van der Waals surface area contributed by atoms with Crippen LogP contribution < -0.4 is 4.90 Å². The summed E-state index contributed by atoms with van der Waals surface area (Å²) in [5.41, 5.74) is 5.53.